The summed E-state index contributed by atoms with van der Waals surface area (Å²) in [5.41, 5.74) is 9.06. The van der Waals surface area contributed by atoms with Gasteiger partial charge in [-0.1, -0.05) is 78.9 Å². The van der Waals surface area contributed by atoms with Crippen molar-refractivity contribution in [2.24, 2.45) is 0 Å². The number of benzene rings is 4. The van der Waals surface area contributed by atoms with Gasteiger partial charge in [-0.05, 0) is 97.2 Å². The van der Waals surface area contributed by atoms with Gasteiger partial charge in [-0.15, -0.1) is 0 Å². The molecule has 5 rings (SSSR count). The number of phenolic OH excluding ortho intramolecular Hbond substituents is 4. The van der Waals surface area contributed by atoms with Gasteiger partial charge >= 0.3 is 0 Å². The Hall–Kier alpha value is -3.92. The second-order valence-electron chi connectivity index (χ2n) is 11.9. The Morgan fingerprint density at radius 2 is 0.950 bits per heavy atom. The fourth-order valence-electron chi connectivity index (χ4n) is 6.55. The summed E-state index contributed by atoms with van der Waals surface area (Å²) in [6.45, 7) is 7.90. The molecule has 0 aromatic heterocycles. The van der Waals surface area contributed by atoms with E-state index in [1.54, 1.807) is 12.1 Å². The molecule has 1 aliphatic carbocycles. The highest BCUT2D eigenvalue weighted by Crippen LogP contribution is 2.48. The molecule has 40 heavy (non-hydrogen) atoms. The van der Waals surface area contributed by atoms with Crippen LogP contribution in [-0.2, 0) is 18.3 Å². The van der Waals surface area contributed by atoms with Crippen molar-refractivity contribution in [3.8, 4) is 23.0 Å². The van der Waals surface area contributed by atoms with E-state index in [4.69, 9.17) is 0 Å². The number of phenols is 4. The van der Waals surface area contributed by atoms with Gasteiger partial charge in [-0.2, -0.15) is 0 Å². The molecule has 1 aliphatic rings. The Morgan fingerprint density at radius 3 is 1.38 bits per heavy atom. The van der Waals surface area contributed by atoms with Crippen molar-refractivity contribution >= 4 is 0 Å². The first kappa shape index (κ1) is 27.6. The largest absolute Gasteiger partial charge is 0.508 e. The van der Waals surface area contributed by atoms with Gasteiger partial charge in [0.25, 0.3) is 0 Å². The van der Waals surface area contributed by atoms with Gasteiger partial charge in [0.15, 0.2) is 0 Å². The minimum atomic E-state index is -0.262. The molecule has 4 nitrogen and oxygen atoms in total. The van der Waals surface area contributed by atoms with E-state index < -0.39 is 0 Å². The van der Waals surface area contributed by atoms with Crippen LogP contribution in [0, 0.1) is 27.7 Å². The quantitative estimate of drug-likeness (QED) is 0.200. The summed E-state index contributed by atoms with van der Waals surface area (Å²) in [7, 11) is 0. The summed E-state index contributed by atoms with van der Waals surface area (Å²) < 4.78 is 0. The van der Waals surface area contributed by atoms with Crippen LogP contribution < -0.4 is 0 Å². The zero-order valence-corrected chi connectivity index (χ0v) is 24.0. The lowest BCUT2D eigenvalue weighted by atomic mass is 9.64. The molecule has 0 atom stereocenters. The highest BCUT2D eigenvalue weighted by molar-refractivity contribution is 5.55. The lowest BCUT2D eigenvalue weighted by molar-refractivity contribution is 0.344. The van der Waals surface area contributed by atoms with Gasteiger partial charge in [-0.3, -0.25) is 0 Å². The van der Waals surface area contributed by atoms with Crippen LogP contribution in [0.25, 0.3) is 0 Å². The number of hydrogen-bond donors (Lipinski definition) is 4. The van der Waals surface area contributed by atoms with E-state index in [1.807, 2.05) is 52.0 Å². The van der Waals surface area contributed by atoms with Crippen molar-refractivity contribution in [3.63, 3.8) is 0 Å². The van der Waals surface area contributed by atoms with Crippen molar-refractivity contribution < 1.29 is 20.4 Å². The Balaban J connectivity index is 1.63. The molecular formula is C36H40O4. The molecule has 1 saturated carbocycles. The zero-order valence-electron chi connectivity index (χ0n) is 24.0. The maximum Gasteiger partial charge on any atom is 0.122 e. The molecular weight excluding hydrogens is 496 g/mol. The zero-order chi connectivity index (χ0) is 28.6. The predicted octanol–water partition coefficient (Wildman–Crippen LogP) is 8.17. The molecule has 1 fully saturated rings. The molecule has 4 aromatic carbocycles. The van der Waals surface area contributed by atoms with E-state index >= 15 is 0 Å². The van der Waals surface area contributed by atoms with Crippen LogP contribution in [0.15, 0.2) is 60.7 Å². The Kier molecular flexibility index (Phi) is 7.55. The van der Waals surface area contributed by atoms with Crippen molar-refractivity contribution in [2.45, 2.75) is 78.1 Å². The molecule has 4 heteroatoms. The van der Waals surface area contributed by atoms with Crippen molar-refractivity contribution in [1.29, 1.82) is 0 Å². The highest BCUT2D eigenvalue weighted by atomic mass is 16.3. The minimum Gasteiger partial charge on any atom is -0.508 e. The molecule has 0 unspecified atom stereocenters. The predicted molar refractivity (Wildman–Crippen MR) is 161 cm³/mol. The second kappa shape index (κ2) is 10.9. The highest BCUT2D eigenvalue weighted by Gasteiger charge is 2.37. The van der Waals surface area contributed by atoms with E-state index in [2.05, 4.69) is 24.3 Å². The standard InChI is InChI=1S/C36H40O4/c1-22-8-10-32(37)26(14-22)18-28-20-30(16-24(3)34(28)39)36(12-6-5-7-13-36)31-17-25(4)35(40)29(21-31)19-27-15-23(2)9-11-33(27)38/h8-11,14-17,20-21,37-40H,5-7,12-13,18-19H2,1-4H3. The summed E-state index contributed by atoms with van der Waals surface area (Å²) >= 11 is 0. The third kappa shape index (κ3) is 5.28. The van der Waals surface area contributed by atoms with Crippen LogP contribution in [0.1, 0.15) is 87.7 Å². The summed E-state index contributed by atoms with van der Waals surface area (Å²) in [6.07, 6.45) is 6.22. The molecule has 208 valence electrons. The molecule has 0 aliphatic heterocycles. The number of hydrogen-bond acceptors (Lipinski definition) is 4. The van der Waals surface area contributed by atoms with E-state index in [0.717, 1.165) is 70.2 Å². The Labute approximate surface area is 237 Å². The van der Waals surface area contributed by atoms with E-state index in [9.17, 15) is 20.4 Å². The van der Waals surface area contributed by atoms with E-state index in [-0.39, 0.29) is 28.4 Å². The van der Waals surface area contributed by atoms with Crippen LogP contribution in [-0.4, -0.2) is 20.4 Å². The molecule has 0 amide bonds. The number of rotatable bonds is 6. The van der Waals surface area contributed by atoms with E-state index in [0.29, 0.717) is 12.8 Å². The normalized spacial score (nSPS) is 14.8. The molecule has 0 heterocycles. The molecule has 0 spiro atoms. The summed E-state index contributed by atoms with van der Waals surface area (Å²) in [4.78, 5) is 0. The maximum atomic E-state index is 11.1. The topological polar surface area (TPSA) is 80.9 Å². The van der Waals surface area contributed by atoms with Crippen molar-refractivity contribution in [2.75, 3.05) is 0 Å². The lowest BCUT2D eigenvalue weighted by Crippen LogP contribution is -2.31. The third-order valence-corrected chi connectivity index (χ3v) is 8.80. The van der Waals surface area contributed by atoms with Gasteiger partial charge in [-0.25, -0.2) is 0 Å². The Bertz CT molecular complexity index is 1450. The van der Waals surface area contributed by atoms with Crippen LogP contribution in [0.3, 0.4) is 0 Å². The first-order valence-electron chi connectivity index (χ1n) is 14.3. The van der Waals surface area contributed by atoms with Gasteiger partial charge in [0.2, 0.25) is 0 Å². The number of aryl methyl sites for hydroxylation is 4. The molecule has 4 aromatic rings. The lowest BCUT2D eigenvalue weighted by Gasteiger charge is -2.40. The van der Waals surface area contributed by atoms with Crippen molar-refractivity contribution in [1.82, 2.24) is 0 Å². The fourth-order valence-corrected chi connectivity index (χ4v) is 6.55. The first-order valence-corrected chi connectivity index (χ1v) is 14.3. The summed E-state index contributed by atoms with van der Waals surface area (Å²) in [6, 6.07) is 19.7. The monoisotopic (exact) mass is 536 g/mol. The average Bonchev–Trinajstić information content (AvgIpc) is 2.93. The van der Waals surface area contributed by atoms with Gasteiger partial charge in [0.1, 0.15) is 23.0 Å². The summed E-state index contributed by atoms with van der Waals surface area (Å²) in [5.74, 6) is 1.01. The molecule has 0 saturated heterocycles. The SMILES string of the molecule is Cc1ccc(O)c(Cc2cc(C3(c4cc(C)c(O)c(Cc5cc(C)ccc5O)c4)CCCCC3)cc(C)c2O)c1. The first-order chi connectivity index (χ1) is 19.1. The van der Waals surface area contributed by atoms with Crippen LogP contribution in [0.2, 0.25) is 0 Å². The van der Waals surface area contributed by atoms with Crippen LogP contribution in [0.5, 0.6) is 23.0 Å². The summed E-state index contributed by atoms with van der Waals surface area (Å²) in [5, 5.41) is 43.2. The minimum absolute atomic E-state index is 0.235. The van der Waals surface area contributed by atoms with Crippen molar-refractivity contribution in [3.05, 3.63) is 116 Å². The Morgan fingerprint density at radius 1 is 0.525 bits per heavy atom. The van der Waals surface area contributed by atoms with Gasteiger partial charge in [0, 0.05) is 18.3 Å². The molecule has 0 bridgehead atoms. The van der Waals surface area contributed by atoms with Crippen LogP contribution in [0.4, 0.5) is 0 Å². The fraction of sp³-hybridized carbons (Fsp3) is 0.333. The number of aromatic hydroxyl groups is 4. The maximum absolute atomic E-state index is 11.1. The van der Waals surface area contributed by atoms with Crippen LogP contribution >= 0.6 is 0 Å². The molecule has 4 N–H and O–H groups in total. The second-order valence-corrected chi connectivity index (χ2v) is 11.9. The average molecular weight is 537 g/mol. The van der Waals surface area contributed by atoms with Gasteiger partial charge in [0.05, 0.1) is 0 Å². The van der Waals surface area contributed by atoms with E-state index in [1.165, 1.54) is 17.5 Å². The smallest absolute Gasteiger partial charge is 0.122 e. The third-order valence-electron chi connectivity index (χ3n) is 8.80. The molecule has 0 radical (unpaired) electrons. The van der Waals surface area contributed by atoms with Gasteiger partial charge < -0.3 is 20.4 Å².